The smallest absolute Gasteiger partial charge is 0.165 e. The van der Waals surface area contributed by atoms with Gasteiger partial charge in [-0.3, -0.25) is 4.98 Å². The maximum atomic E-state index is 6.48. The van der Waals surface area contributed by atoms with Crippen molar-refractivity contribution in [1.29, 1.82) is 0 Å². The molecule has 0 aliphatic heterocycles. The first-order chi connectivity index (χ1) is 27.2. The number of benzene rings is 7. The molecule has 3 aromatic heterocycles. The minimum atomic E-state index is 0.519. The topological polar surface area (TPSA) is 64.7 Å². The molecular weight excluding hydrogens is 673 g/mol. The van der Waals surface area contributed by atoms with E-state index in [-0.39, 0.29) is 0 Å². The molecule has 3 heterocycles. The number of hydrogen-bond donors (Lipinski definition) is 0. The van der Waals surface area contributed by atoms with Gasteiger partial charge in [-0.25, -0.2) is 15.0 Å². The van der Waals surface area contributed by atoms with Crippen LogP contribution in [0.3, 0.4) is 0 Å². The number of fused-ring (bicyclic) bond motifs is 3. The molecule has 0 saturated heterocycles. The zero-order valence-electron chi connectivity index (χ0n) is 29.7. The summed E-state index contributed by atoms with van der Waals surface area (Å²) in [6, 6.07) is 64.6. The predicted octanol–water partition coefficient (Wildman–Crippen LogP) is 12.8. The van der Waals surface area contributed by atoms with Crippen LogP contribution in [0.4, 0.5) is 0 Å². The summed E-state index contributed by atoms with van der Waals surface area (Å²) in [6.07, 6.45) is 1.84. The molecule has 0 atom stereocenters. The minimum Gasteiger partial charge on any atom is -0.454 e. The summed E-state index contributed by atoms with van der Waals surface area (Å²) in [5.41, 5.74) is 13.9. The van der Waals surface area contributed by atoms with Crippen LogP contribution in [0.15, 0.2) is 199 Å². The monoisotopic (exact) mass is 704 g/mol. The van der Waals surface area contributed by atoms with E-state index in [1.54, 1.807) is 0 Å². The van der Waals surface area contributed by atoms with E-state index in [4.69, 9.17) is 24.4 Å². The maximum Gasteiger partial charge on any atom is 0.165 e. The van der Waals surface area contributed by atoms with Gasteiger partial charge in [-0.05, 0) is 56.6 Å². The maximum absolute atomic E-state index is 6.48. The first kappa shape index (κ1) is 32.2. The molecule has 55 heavy (non-hydrogen) atoms. The van der Waals surface area contributed by atoms with E-state index in [1.165, 1.54) is 11.1 Å². The lowest BCUT2D eigenvalue weighted by Gasteiger charge is -2.10. The molecule has 0 aliphatic carbocycles. The van der Waals surface area contributed by atoms with Gasteiger partial charge in [-0.15, -0.1) is 0 Å². The second-order valence-corrected chi connectivity index (χ2v) is 13.5. The van der Waals surface area contributed by atoms with Gasteiger partial charge in [-0.1, -0.05) is 176 Å². The quantitative estimate of drug-likeness (QED) is 0.165. The van der Waals surface area contributed by atoms with Crippen LogP contribution in [0.2, 0.25) is 0 Å². The third-order valence-corrected chi connectivity index (χ3v) is 10.0. The van der Waals surface area contributed by atoms with E-state index in [9.17, 15) is 0 Å². The highest BCUT2D eigenvalue weighted by molar-refractivity contribution is 6.11. The second kappa shape index (κ2) is 13.8. The van der Waals surface area contributed by atoms with Gasteiger partial charge >= 0.3 is 0 Å². The fraction of sp³-hybridized carbons (Fsp3) is 0. The summed E-state index contributed by atoms with van der Waals surface area (Å²) in [5.74, 6) is 1.68. The molecule has 5 nitrogen and oxygen atoms in total. The van der Waals surface area contributed by atoms with Crippen molar-refractivity contribution < 1.29 is 4.42 Å². The average Bonchev–Trinajstić information content (AvgIpc) is 3.66. The van der Waals surface area contributed by atoms with Crippen LogP contribution >= 0.6 is 0 Å². The van der Waals surface area contributed by atoms with Crippen molar-refractivity contribution in [3.8, 4) is 78.7 Å². The van der Waals surface area contributed by atoms with Crippen molar-refractivity contribution in [2.24, 2.45) is 0 Å². The fourth-order valence-electron chi connectivity index (χ4n) is 7.17. The Balaban J connectivity index is 1.06. The number of nitrogens with zero attached hydrogens (tertiary/aromatic N) is 4. The van der Waals surface area contributed by atoms with Gasteiger partial charge in [0.2, 0.25) is 0 Å². The number of rotatable bonds is 7. The van der Waals surface area contributed by atoms with Crippen LogP contribution < -0.4 is 0 Å². The number of furan rings is 1. The molecule has 258 valence electrons. The fourth-order valence-corrected chi connectivity index (χ4v) is 7.17. The zero-order chi connectivity index (χ0) is 36.6. The van der Waals surface area contributed by atoms with E-state index >= 15 is 0 Å². The molecule has 0 saturated carbocycles. The Morgan fingerprint density at radius 2 is 0.709 bits per heavy atom. The average molecular weight is 705 g/mol. The van der Waals surface area contributed by atoms with Gasteiger partial charge in [0.15, 0.2) is 23.1 Å². The molecule has 0 N–H and O–H groups in total. The first-order valence-corrected chi connectivity index (χ1v) is 18.3. The Morgan fingerprint density at radius 1 is 0.309 bits per heavy atom. The molecule has 0 radical (unpaired) electrons. The van der Waals surface area contributed by atoms with Crippen LogP contribution in [0, 0.1) is 0 Å². The van der Waals surface area contributed by atoms with Crippen molar-refractivity contribution >= 4 is 22.1 Å². The van der Waals surface area contributed by atoms with E-state index in [1.807, 2.05) is 66.9 Å². The van der Waals surface area contributed by atoms with Crippen LogP contribution in [0.25, 0.3) is 101 Å². The molecule has 0 amide bonds. The zero-order valence-corrected chi connectivity index (χ0v) is 29.7. The summed E-state index contributed by atoms with van der Waals surface area (Å²) < 4.78 is 6.48. The van der Waals surface area contributed by atoms with E-state index in [2.05, 4.69) is 127 Å². The molecule has 0 fully saturated rings. The van der Waals surface area contributed by atoms with Crippen molar-refractivity contribution in [3.05, 3.63) is 194 Å². The molecule has 7 aromatic carbocycles. The van der Waals surface area contributed by atoms with Crippen LogP contribution in [-0.2, 0) is 0 Å². The summed E-state index contributed by atoms with van der Waals surface area (Å²) in [5, 5.41) is 0.977. The summed E-state index contributed by atoms with van der Waals surface area (Å²) >= 11 is 0. The first-order valence-electron chi connectivity index (χ1n) is 18.3. The van der Waals surface area contributed by atoms with Gasteiger partial charge in [0.25, 0.3) is 0 Å². The lowest BCUT2D eigenvalue weighted by Crippen LogP contribution is -2.00. The third kappa shape index (κ3) is 6.24. The van der Waals surface area contributed by atoms with Gasteiger partial charge in [-0.2, -0.15) is 0 Å². The Labute approximate surface area is 318 Å². The number of pyridine rings is 1. The van der Waals surface area contributed by atoms with Crippen molar-refractivity contribution in [2.45, 2.75) is 0 Å². The molecular formula is C50H32N4O. The molecule has 0 bridgehead atoms. The van der Waals surface area contributed by atoms with Gasteiger partial charge in [0.05, 0.1) is 5.39 Å². The minimum absolute atomic E-state index is 0.519. The van der Waals surface area contributed by atoms with Gasteiger partial charge in [0.1, 0.15) is 11.1 Å². The van der Waals surface area contributed by atoms with Crippen molar-refractivity contribution in [3.63, 3.8) is 0 Å². The molecule has 5 heteroatoms. The summed E-state index contributed by atoms with van der Waals surface area (Å²) in [4.78, 5) is 20.0. The molecule has 0 spiro atoms. The standard InChI is InChI=1S/C50H32N4O/c1-4-11-33(12-5-1)36-19-25-39(26-20-36)43-17-10-18-44-46(43)47-45(55-44)31-42(32-51-47)50-53-48(40-27-21-37(22-28-40)34-13-6-2-7-14-34)52-49(54-50)41-29-23-38(24-30-41)35-15-8-3-9-16-35/h1-32H. The van der Waals surface area contributed by atoms with E-state index in [0.717, 1.165) is 66.6 Å². The molecule has 0 aliphatic rings. The van der Waals surface area contributed by atoms with Crippen molar-refractivity contribution in [2.75, 3.05) is 0 Å². The largest absolute Gasteiger partial charge is 0.454 e. The summed E-state index contributed by atoms with van der Waals surface area (Å²) in [7, 11) is 0. The Kier molecular flexibility index (Phi) is 8.08. The van der Waals surface area contributed by atoms with Gasteiger partial charge in [0, 0.05) is 22.9 Å². The number of aromatic nitrogens is 4. The molecule has 10 aromatic rings. The highest BCUT2D eigenvalue weighted by atomic mass is 16.3. The van der Waals surface area contributed by atoms with Crippen LogP contribution in [0.1, 0.15) is 0 Å². The van der Waals surface area contributed by atoms with Crippen molar-refractivity contribution in [1.82, 2.24) is 19.9 Å². The molecule has 10 rings (SSSR count). The van der Waals surface area contributed by atoms with Crippen LogP contribution in [-0.4, -0.2) is 19.9 Å². The predicted molar refractivity (Wildman–Crippen MR) is 223 cm³/mol. The van der Waals surface area contributed by atoms with Gasteiger partial charge < -0.3 is 4.42 Å². The normalized spacial score (nSPS) is 11.3. The van der Waals surface area contributed by atoms with E-state index in [0.29, 0.717) is 23.1 Å². The Bertz CT molecular complexity index is 2820. The second-order valence-electron chi connectivity index (χ2n) is 13.5. The highest BCUT2D eigenvalue weighted by Gasteiger charge is 2.18. The third-order valence-electron chi connectivity index (χ3n) is 10.0. The van der Waals surface area contributed by atoms with Crippen LogP contribution in [0.5, 0.6) is 0 Å². The Hall–Kier alpha value is -7.50. The summed E-state index contributed by atoms with van der Waals surface area (Å²) in [6.45, 7) is 0. The SMILES string of the molecule is c1ccc(-c2ccc(-c3nc(-c4ccc(-c5ccccc5)cc4)nc(-c4cnc5c(c4)oc4cccc(-c6ccc(-c7ccccc7)cc6)c45)n3)cc2)cc1. The lowest BCUT2D eigenvalue weighted by atomic mass is 9.98. The Morgan fingerprint density at radius 3 is 1.18 bits per heavy atom. The van der Waals surface area contributed by atoms with E-state index < -0.39 is 0 Å². The lowest BCUT2D eigenvalue weighted by molar-refractivity contribution is 0.668. The molecule has 0 unspecified atom stereocenters. The highest BCUT2D eigenvalue weighted by Crippen LogP contribution is 2.38. The number of hydrogen-bond acceptors (Lipinski definition) is 5.